The fourth-order valence-corrected chi connectivity index (χ4v) is 2.85. The molecule has 3 rings (SSSR count). The number of hydrogen-bond acceptors (Lipinski definition) is 4. The van der Waals surface area contributed by atoms with Crippen molar-refractivity contribution in [2.45, 2.75) is 26.2 Å². The molecular weight excluding hydrogens is 412 g/mol. The predicted molar refractivity (Wildman–Crippen MR) is 123 cm³/mol. The maximum Gasteiger partial charge on any atom is 0.343 e. The Morgan fingerprint density at radius 2 is 1.45 bits per heavy atom. The zero-order chi connectivity index (χ0) is 22.4. The van der Waals surface area contributed by atoms with Gasteiger partial charge in [0.25, 0.3) is 5.91 Å². The molecular formula is C25H23ClN2O3. The molecule has 0 saturated carbocycles. The molecule has 0 aromatic heterocycles. The quantitative estimate of drug-likeness (QED) is 0.245. The first-order chi connectivity index (χ1) is 14.7. The molecule has 0 atom stereocenters. The standard InChI is InChI=1S/C25H23ClN2O3/c1-25(2,3)20-10-6-18(7-11-20)23(29)28-27-16-17-4-14-22(15-5-17)31-24(30)19-8-12-21(26)13-9-19/h4-16H,1-3H3,(H,28,29)/b27-16-. The molecule has 0 spiro atoms. The number of rotatable bonds is 5. The van der Waals surface area contributed by atoms with E-state index in [4.69, 9.17) is 16.3 Å². The molecule has 31 heavy (non-hydrogen) atoms. The topological polar surface area (TPSA) is 67.8 Å². The number of ether oxygens (including phenoxy) is 1. The lowest BCUT2D eigenvalue weighted by Gasteiger charge is -2.18. The zero-order valence-corrected chi connectivity index (χ0v) is 18.3. The Kier molecular flexibility index (Phi) is 6.88. The van der Waals surface area contributed by atoms with Gasteiger partial charge in [0.05, 0.1) is 11.8 Å². The lowest BCUT2D eigenvalue weighted by Crippen LogP contribution is -2.18. The van der Waals surface area contributed by atoms with Gasteiger partial charge in [0, 0.05) is 10.6 Å². The van der Waals surface area contributed by atoms with E-state index in [0.29, 0.717) is 21.9 Å². The summed E-state index contributed by atoms with van der Waals surface area (Å²) in [5, 5.41) is 4.54. The summed E-state index contributed by atoms with van der Waals surface area (Å²) in [4.78, 5) is 24.4. The molecule has 0 radical (unpaired) electrons. The Labute approximate surface area is 186 Å². The fraction of sp³-hybridized carbons (Fsp3) is 0.160. The molecule has 0 aliphatic rings. The first-order valence-corrected chi connectivity index (χ1v) is 10.1. The van der Waals surface area contributed by atoms with Crippen molar-refractivity contribution in [3.8, 4) is 5.75 Å². The average Bonchev–Trinajstić information content (AvgIpc) is 2.75. The van der Waals surface area contributed by atoms with Gasteiger partial charge in [-0.3, -0.25) is 4.79 Å². The summed E-state index contributed by atoms with van der Waals surface area (Å²) >= 11 is 5.82. The summed E-state index contributed by atoms with van der Waals surface area (Å²) in [6.07, 6.45) is 1.52. The number of carbonyl (C=O) groups is 2. The largest absolute Gasteiger partial charge is 0.423 e. The highest BCUT2D eigenvalue weighted by molar-refractivity contribution is 6.30. The maximum atomic E-state index is 12.2. The van der Waals surface area contributed by atoms with Gasteiger partial charge in [-0.2, -0.15) is 5.10 Å². The molecule has 6 heteroatoms. The van der Waals surface area contributed by atoms with E-state index in [0.717, 1.165) is 11.1 Å². The smallest absolute Gasteiger partial charge is 0.343 e. The van der Waals surface area contributed by atoms with Gasteiger partial charge >= 0.3 is 5.97 Å². The molecule has 0 heterocycles. The minimum atomic E-state index is -0.470. The van der Waals surface area contributed by atoms with Gasteiger partial charge in [0.15, 0.2) is 0 Å². The highest BCUT2D eigenvalue weighted by atomic mass is 35.5. The second kappa shape index (κ2) is 9.58. The number of benzene rings is 3. The number of hydrazone groups is 1. The summed E-state index contributed by atoms with van der Waals surface area (Å²) in [5.41, 5.74) is 5.39. The van der Waals surface area contributed by atoms with Crippen molar-refractivity contribution in [2.24, 2.45) is 5.10 Å². The zero-order valence-electron chi connectivity index (χ0n) is 17.6. The minimum Gasteiger partial charge on any atom is -0.423 e. The number of carbonyl (C=O) groups excluding carboxylic acids is 2. The van der Waals surface area contributed by atoms with Crippen molar-refractivity contribution in [1.29, 1.82) is 0 Å². The van der Waals surface area contributed by atoms with Crippen molar-refractivity contribution in [3.05, 3.63) is 100 Å². The molecule has 0 aliphatic heterocycles. The molecule has 0 fully saturated rings. The van der Waals surface area contributed by atoms with Crippen molar-refractivity contribution >= 4 is 29.7 Å². The molecule has 3 aromatic carbocycles. The van der Waals surface area contributed by atoms with Gasteiger partial charge in [-0.25, -0.2) is 10.2 Å². The molecule has 3 aromatic rings. The van der Waals surface area contributed by atoms with Crippen LogP contribution in [0.4, 0.5) is 0 Å². The van der Waals surface area contributed by atoms with E-state index in [9.17, 15) is 9.59 Å². The maximum absolute atomic E-state index is 12.2. The van der Waals surface area contributed by atoms with Gasteiger partial charge in [-0.05, 0) is 77.2 Å². The monoisotopic (exact) mass is 434 g/mol. The Bertz CT molecular complexity index is 1080. The van der Waals surface area contributed by atoms with Crippen molar-refractivity contribution in [2.75, 3.05) is 0 Å². The highest BCUT2D eigenvalue weighted by Crippen LogP contribution is 2.22. The molecule has 5 nitrogen and oxygen atoms in total. The molecule has 1 amide bonds. The van der Waals surface area contributed by atoms with E-state index < -0.39 is 5.97 Å². The van der Waals surface area contributed by atoms with Crippen LogP contribution in [0.5, 0.6) is 5.75 Å². The lowest BCUT2D eigenvalue weighted by atomic mass is 9.87. The molecule has 0 bridgehead atoms. The number of nitrogens with one attached hydrogen (secondary N) is 1. The number of hydrogen-bond donors (Lipinski definition) is 1. The van der Waals surface area contributed by atoms with E-state index in [1.54, 1.807) is 60.7 Å². The first kappa shape index (κ1) is 22.2. The van der Waals surface area contributed by atoms with Crippen LogP contribution in [-0.4, -0.2) is 18.1 Å². The van der Waals surface area contributed by atoms with Crippen LogP contribution in [0.1, 0.15) is 52.6 Å². The Morgan fingerprint density at radius 3 is 2.03 bits per heavy atom. The van der Waals surface area contributed by atoms with Gasteiger partial charge in [0.1, 0.15) is 5.75 Å². The molecule has 0 saturated heterocycles. The third kappa shape index (κ3) is 6.27. The van der Waals surface area contributed by atoms with Gasteiger partial charge in [-0.1, -0.05) is 44.5 Å². The van der Waals surface area contributed by atoms with E-state index in [-0.39, 0.29) is 11.3 Å². The van der Waals surface area contributed by atoms with Crippen LogP contribution in [0.25, 0.3) is 0 Å². The van der Waals surface area contributed by atoms with Crippen LogP contribution < -0.4 is 10.2 Å². The van der Waals surface area contributed by atoms with Crippen LogP contribution in [0.15, 0.2) is 77.9 Å². The highest BCUT2D eigenvalue weighted by Gasteiger charge is 2.14. The van der Waals surface area contributed by atoms with E-state index in [1.807, 2.05) is 12.1 Å². The molecule has 0 aliphatic carbocycles. The Morgan fingerprint density at radius 1 is 0.871 bits per heavy atom. The summed E-state index contributed by atoms with van der Waals surface area (Å²) in [6, 6.07) is 20.7. The Hall–Kier alpha value is -3.44. The predicted octanol–water partition coefficient (Wildman–Crippen LogP) is 5.62. The summed E-state index contributed by atoms with van der Waals surface area (Å²) < 4.78 is 5.33. The minimum absolute atomic E-state index is 0.0302. The van der Waals surface area contributed by atoms with Crippen molar-refractivity contribution < 1.29 is 14.3 Å². The number of amides is 1. The van der Waals surface area contributed by atoms with Crippen molar-refractivity contribution in [1.82, 2.24) is 5.43 Å². The molecule has 0 unspecified atom stereocenters. The number of nitrogens with zero attached hydrogens (tertiary/aromatic N) is 1. The van der Waals surface area contributed by atoms with Crippen LogP contribution in [0.3, 0.4) is 0 Å². The average molecular weight is 435 g/mol. The van der Waals surface area contributed by atoms with Gasteiger partial charge in [0.2, 0.25) is 0 Å². The third-order valence-corrected chi connectivity index (χ3v) is 4.82. The molecule has 158 valence electrons. The van der Waals surface area contributed by atoms with Crippen LogP contribution in [0.2, 0.25) is 5.02 Å². The summed E-state index contributed by atoms with van der Waals surface area (Å²) in [6.45, 7) is 6.36. The van der Waals surface area contributed by atoms with E-state index in [1.165, 1.54) is 6.21 Å². The summed E-state index contributed by atoms with van der Waals surface area (Å²) in [7, 11) is 0. The second-order valence-electron chi connectivity index (χ2n) is 7.99. The van der Waals surface area contributed by atoms with Crippen LogP contribution in [0, 0.1) is 0 Å². The molecule has 1 N–H and O–H groups in total. The van der Waals surface area contributed by atoms with E-state index >= 15 is 0 Å². The first-order valence-electron chi connectivity index (χ1n) is 9.74. The van der Waals surface area contributed by atoms with E-state index in [2.05, 4.69) is 31.3 Å². The van der Waals surface area contributed by atoms with Gasteiger partial charge in [-0.15, -0.1) is 0 Å². The fourth-order valence-electron chi connectivity index (χ4n) is 2.73. The Balaban J connectivity index is 1.55. The van der Waals surface area contributed by atoms with Crippen LogP contribution >= 0.6 is 11.6 Å². The normalized spacial score (nSPS) is 11.4. The van der Waals surface area contributed by atoms with Gasteiger partial charge < -0.3 is 4.74 Å². The summed E-state index contributed by atoms with van der Waals surface area (Å²) in [5.74, 6) is -0.354. The van der Waals surface area contributed by atoms with Crippen molar-refractivity contribution in [3.63, 3.8) is 0 Å². The lowest BCUT2D eigenvalue weighted by molar-refractivity contribution is 0.0734. The second-order valence-corrected chi connectivity index (χ2v) is 8.43. The number of halogens is 1. The number of esters is 1. The van der Waals surface area contributed by atoms with Crippen LogP contribution in [-0.2, 0) is 5.41 Å². The third-order valence-electron chi connectivity index (χ3n) is 4.56. The SMILES string of the molecule is CC(C)(C)c1ccc(C(=O)N/N=C\c2ccc(OC(=O)c3ccc(Cl)cc3)cc2)cc1.